The van der Waals surface area contributed by atoms with Crippen LogP contribution >= 0.6 is 15.2 Å². The third-order valence-corrected chi connectivity index (χ3v) is 8.48. The minimum Gasteiger partial charge on any atom is -0.324 e. The molecule has 0 amide bonds. The number of unbranched alkanes of at least 4 members (excludes halogenated alkanes) is 19. The van der Waals surface area contributed by atoms with Crippen LogP contribution in [0.1, 0.15) is 169 Å². The summed E-state index contributed by atoms with van der Waals surface area (Å²) in [6.07, 6.45) is 27.0. The van der Waals surface area contributed by atoms with Gasteiger partial charge < -0.3 is 19.6 Å². The van der Waals surface area contributed by atoms with Gasteiger partial charge in [0.2, 0.25) is 0 Å². The summed E-state index contributed by atoms with van der Waals surface area (Å²) in [7, 11) is -7.48. The predicted octanol–water partition coefficient (Wildman–Crippen LogP) is 9.98. The molecule has 0 aromatic rings. The molecule has 37 heavy (non-hydrogen) atoms. The maximum Gasteiger partial charge on any atom is 0.325 e. The first-order valence-corrected chi connectivity index (χ1v) is 19.0. The summed E-state index contributed by atoms with van der Waals surface area (Å²) in [5, 5.41) is 0. The zero-order valence-corrected chi connectivity index (χ0v) is 26.8. The summed E-state index contributed by atoms with van der Waals surface area (Å²) in [6, 6.07) is 0. The molecule has 0 aliphatic heterocycles. The molecule has 8 heteroatoms. The Morgan fingerprint density at radius 1 is 0.432 bits per heavy atom. The summed E-state index contributed by atoms with van der Waals surface area (Å²) < 4.78 is 21.1. The van der Waals surface area contributed by atoms with E-state index >= 15 is 0 Å². The van der Waals surface area contributed by atoms with Crippen LogP contribution in [0.15, 0.2) is 0 Å². The molecule has 0 aliphatic carbocycles. The topological polar surface area (TPSA) is 115 Å². The molecule has 0 heterocycles. The first kappa shape index (κ1) is 39.4. The molecule has 0 bridgehead atoms. The molecule has 0 spiro atoms. The van der Waals surface area contributed by atoms with E-state index in [1.54, 1.807) is 0 Å². The second kappa shape index (κ2) is 25.3. The van der Waals surface area contributed by atoms with Crippen molar-refractivity contribution in [2.75, 3.05) is 12.3 Å². The Labute approximate surface area is 230 Å². The van der Waals surface area contributed by atoms with Gasteiger partial charge in [-0.3, -0.25) is 9.13 Å². The fourth-order valence-electron chi connectivity index (χ4n) is 4.37. The van der Waals surface area contributed by atoms with E-state index in [4.69, 9.17) is 19.6 Å². The van der Waals surface area contributed by atoms with Crippen LogP contribution in [0.5, 0.6) is 0 Å². The van der Waals surface area contributed by atoms with Gasteiger partial charge in [0.15, 0.2) is 0 Å². The largest absolute Gasteiger partial charge is 0.325 e. The molecular weight excluding hydrogens is 506 g/mol. The number of rotatable bonds is 24. The van der Waals surface area contributed by atoms with Gasteiger partial charge >= 0.3 is 15.2 Å². The van der Waals surface area contributed by atoms with Gasteiger partial charge in [0.1, 0.15) is 0 Å². The highest BCUT2D eigenvalue weighted by Gasteiger charge is 2.11. The van der Waals surface area contributed by atoms with Gasteiger partial charge in [-0.25, -0.2) is 0 Å². The Kier molecular flexibility index (Phi) is 26.9. The summed E-state index contributed by atoms with van der Waals surface area (Å²) in [4.78, 5) is 34.6. The van der Waals surface area contributed by atoms with Gasteiger partial charge in [0.25, 0.3) is 0 Å². The molecule has 0 atom stereocenters. The van der Waals surface area contributed by atoms with Crippen molar-refractivity contribution in [3.8, 4) is 0 Å². The molecule has 0 radical (unpaired) electrons. The van der Waals surface area contributed by atoms with E-state index in [9.17, 15) is 9.13 Å². The van der Waals surface area contributed by atoms with Crippen LogP contribution in [0.2, 0.25) is 0 Å². The summed E-state index contributed by atoms with van der Waals surface area (Å²) in [6.45, 7) is 9.15. The molecule has 0 aromatic heterocycles. The maximum absolute atomic E-state index is 10.7. The van der Waals surface area contributed by atoms with Crippen LogP contribution in [0.4, 0.5) is 0 Å². The first-order valence-electron chi connectivity index (χ1n) is 15.4. The van der Waals surface area contributed by atoms with Gasteiger partial charge in [-0.05, 0) is 24.7 Å². The van der Waals surface area contributed by atoms with Crippen molar-refractivity contribution in [2.45, 2.75) is 169 Å². The monoisotopic (exact) mass is 570 g/mol. The lowest BCUT2D eigenvalue weighted by atomic mass is 9.89. The fourth-order valence-corrected chi connectivity index (χ4v) is 5.64. The molecule has 0 aromatic carbocycles. The molecule has 0 rings (SSSR count). The van der Waals surface area contributed by atoms with Gasteiger partial charge in [0.05, 0.1) is 0 Å². The Hall–Kier alpha value is 0.300. The molecule has 0 aliphatic rings. The van der Waals surface area contributed by atoms with Crippen LogP contribution in [0.25, 0.3) is 0 Å². The van der Waals surface area contributed by atoms with Crippen molar-refractivity contribution in [3.05, 3.63) is 0 Å². The van der Waals surface area contributed by atoms with Gasteiger partial charge in [-0.15, -0.1) is 0 Å². The van der Waals surface area contributed by atoms with Crippen molar-refractivity contribution in [2.24, 2.45) is 5.41 Å². The highest BCUT2D eigenvalue weighted by atomic mass is 31.2. The molecule has 6 nitrogen and oxygen atoms in total. The maximum atomic E-state index is 10.7. The Morgan fingerprint density at radius 3 is 0.919 bits per heavy atom. The van der Waals surface area contributed by atoms with Crippen LogP contribution < -0.4 is 0 Å². The Morgan fingerprint density at radius 2 is 0.676 bits per heavy atom. The third kappa shape index (κ3) is 43.6. The van der Waals surface area contributed by atoms with Crippen LogP contribution in [0.3, 0.4) is 0 Å². The van der Waals surface area contributed by atoms with E-state index in [0.717, 1.165) is 25.7 Å². The van der Waals surface area contributed by atoms with Gasteiger partial charge in [0, 0.05) is 12.3 Å². The van der Waals surface area contributed by atoms with Gasteiger partial charge in [-0.2, -0.15) is 0 Å². The SMILES string of the molecule is CC(C)(C)CCCCCCCCCCCCCCCCCP(=O)(O)O.CCCCCCCCP(=O)(O)O. The fraction of sp³-hybridized carbons (Fsp3) is 1.00. The minimum atomic E-state index is -3.76. The molecule has 226 valence electrons. The van der Waals surface area contributed by atoms with Crippen LogP contribution in [-0.2, 0) is 9.13 Å². The number of hydrogen-bond donors (Lipinski definition) is 4. The Balaban J connectivity index is 0. The second-order valence-electron chi connectivity index (χ2n) is 12.2. The average Bonchev–Trinajstić information content (AvgIpc) is 2.76. The lowest BCUT2D eigenvalue weighted by molar-refractivity contribution is 0.356. The van der Waals surface area contributed by atoms with E-state index in [1.165, 1.54) is 103 Å². The summed E-state index contributed by atoms with van der Waals surface area (Å²) in [5.74, 6) is 0. The van der Waals surface area contributed by atoms with Crippen LogP contribution in [-0.4, -0.2) is 31.9 Å². The molecular formula is C29H64O6P2. The smallest absolute Gasteiger partial charge is 0.324 e. The van der Waals surface area contributed by atoms with Crippen molar-refractivity contribution in [1.29, 1.82) is 0 Å². The highest BCUT2D eigenvalue weighted by molar-refractivity contribution is 7.52. The van der Waals surface area contributed by atoms with Crippen molar-refractivity contribution >= 4 is 15.2 Å². The van der Waals surface area contributed by atoms with E-state index < -0.39 is 15.2 Å². The normalized spacial score (nSPS) is 12.4. The second-order valence-corrected chi connectivity index (χ2v) is 15.7. The van der Waals surface area contributed by atoms with E-state index in [2.05, 4.69) is 27.7 Å². The van der Waals surface area contributed by atoms with Crippen molar-refractivity contribution in [3.63, 3.8) is 0 Å². The van der Waals surface area contributed by atoms with Crippen LogP contribution in [0, 0.1) is 5.41 Å². The molecule has 0 saturated heterocycles. The summed E-state index contributed by atoms with van der Waals surface area (Å²) >= 11 is 0. The highest BCUT2D eigenvalue weighted by Crippen LogP contribution is 2.36. The molecule has 4 N–H and O–H groups in total. The predicted molar refractivity (Wildman–Crippen MR) is 161 cm³/mol. The Bertz CT molecular complexity index is 565. The first-order chi connectivity index (χ1) is 17.3. The molecule has 0 unspecified atom stereocenters. The average molecular weight is 571 g/mol. The number of hydrogen-bond acceptors (Lipinski definition) is 2. The van der Waals surface area contributed by atoms with Crippen molar-refractivity contribution in [1.82, 2.24) is 0 Å². The van der Waals surface area contributed by atoms with E-state index in [0.29, 0.717) is 18.3 Å². The lowest BCUT2D eigenvalue weighted by Crippen LogP contribution is -2.03. The standard InChI is InChI=1S/C21H45O3P.C8H19O3P/c1-21(2,3)19-17-15-13-11-9-7-5-4-6-8-10-12-14-16-18-20-25(22,23)24;1-2-3-4-5-6-7-8-12(9,10)11/h4-20H2,1-3H3,(H2,22,23,24);2-8H2,1H3,(H2,9,10,11). The quantitative estimate of drug-likeness (QED) is 0.0678. The van der Waals surface area contributed by atoms with Crippen molar-refractivity contribution < 1.29 is 28.7 Å². The zero-order chi connectivity index (χ0) is 28.5. The lowest BCUT2D eigenvalue weighted by Gasteiger charge is -2.17. The zero-order valence-electron chi connectivity index (χ0n) is 25.0. The van der Waals surface area contributed by atoms with E-state index in [1.807, 2.05) is 0 Å². The third-order valence-electron chi connectivity index (χ3n) is 6.68. The molecule has 0 fully saturated rings. The van der Waals surface area contributed by atoms with E-state index in [-0.39, 0.29) is 12.3 Å². The minimum absolute atomic E-state index is 0.0547. The summed E-state index contributed by atoms with van der Waals surface area (Å²) in [5.41, 5.74) is 0.503. The van der Waals surface area contributed by atoms with Gasteiger partial charge in [-0.1, -0.05) is 150 Å². The molecule has 0 saturated carbocycles.